The number of carbonyl (C=O) groups excluding carboxylic acids is 1. The van der Waals surface area contributed by atoms with Crippen molar-refractivity contribution in [2.24, 2.45) is 17.6 Å². The standard InChI is InChI=1S/C19H22N4O/c1-23-10-11(5-12(8-20)19(21)24)6-15-14-3-2-4-16-18(14)13(9-22-16)7-17(15)23/h2-4,9,11-12,15,17,22H,5-7,10H2,1H3,(H2,21,24)/t11-,12?,15+,17+/m0/s1. The number of aromatic nitrogens is 1. The third-order valence-electron chi connectivity index (χ3n) is 5.88. The summed E-state index contributed by atoms with van der Waals surface area (Å²) in [4.78, 5) is 17.2. The number of hydrogen-bond acceptors (Lipinski definition) is 3. The van der Waals surface area contributed by atoms with E-state index < -0.39 is 11.8 Å². The van der Waals surface area contributed by atoms with Gasteiger partial charge in [0.2, 0.25) is 5.91 Å². The molecule has 1 aromatic carbocycles. The molecular formula is C19H22N4O. The highest BCUT2D eigenvalue weighted by atomic mass is 16.1. The van der Waals surface area contributed by atoms with Gasteiger partial charge in [-0.15, -0.1) is 0 Å². The fourth-order valence-corrected chi connectivity index (χ4v) is 4.79. The zero-order valence-electron chi connectivity index (χ0n) is 13.8. The largest absolute Gasteiger partial charge is 0.369 e. The molecule has 0 bridgehead atoms. The molecule has 1 unspecified atom stereocenters. The number of likely N-dealkylation sites (N-methyl/N-ethyl adjacent to an activating group) is 1. The van der Waals surface area contributed by atoms with Crippen LogP contribution in [0.3, 0.4) is 0 Å². The molecule has 4 rings (SSSR count). The highest BCUT2D eigenvalue weighted by Crippen LogP contribution is 2.45. The first-order valence-corrected chi connectivity index (χ1v) is 8.56. The minimum atomic E-state index is -0.679. The van der Waals surface area contributed by atoms with Crippen LogP contribution in [0.2, 0.25) is 0 Å². The van der Waals surface area contributed by atoms with Crippen LogP contribution in [-0.4, -0.2) is 35.4 Å². The second kappa shape index (κ2) is 5.64. The van der Waals surface area contributed by atoms with Gasteiger partial charge >= 0.3 is 0 Å². The summed E-state index contributed by atoms with van der Waals surface area (Å²) in [6.45, 7) is 0.919. The quantitative estimate of drug-likeness (QED) is 0.908. The predicted octanol–water partition coefficient (Wildman–Crippen LogP) is 2.14. The van der Waals surface area contributed by atoms with Gasteiger partial charge < -0.3 is 15.6 Å². The molecule has 0 spiro atoms. The van der Waals surface area contributed by atoms with Crippen LogP contribution < -0.4 is 5.73 Å². The Labute approximate surface area is 141 Å². The fraction of sp³-hybridized carbons (Fsp3) is 0.474. The van der Waals surface area contributed by atoms with Crippen molar-refractivity contribution in [3.63, 3.8) is 0 Å². The van der Waals surface area contributed by atoms with Gasteiger partial charge in [0.15, 0.2) is 0 Å². The molecule has 2 aliphatic rings. The monoisotopic (exact) mass is 322 g/mol. The average molecular weight is 322 g/mol. The van der Waals surface area contributed by atoms with Gasteiger partial charge in [0.1, 0.15) is 5.92 Å². The van der Waals surface area contributed by atoms with E-state index in [1.807, 2.05) is 0 Å². The van der Waals surface area contributed by atoms with Crippen LogP contribution in [0.15, 0.2) is 24.4 Å². The number of nitriles is 1. The third kappa shape index (κ3) is 2.30. The lowest BCUT2D eigenvalue weighted by Crippen LogP contribution is -2.48. The molecule has 1 aliphatic carbocycles. The van der Waals surface area contributed by atoms with Crippen LogP contribution in [0, 0.1) is 23.2 Å². The van der Waals surface area contributed by atoms with Crippen LogP contribution in [0.25, 0.3) is 10.9 Å². The van der Waals surface area contributed by atoms with Gasteiger partial charge in [-0.3, -0.25) is 4.79 Å². The molecule has 2 heterocycles. The van der Waals surface area contributed by atoms with E-state index in [2.05, 4.69) is 47.4 Å². The normalized spacial score (nSPS) is 27.4. The summed E-state index contributed by atoms with van der Waals surface area (Å²) in [5, 5.41) is 10.6. The molecule has 124 valence electrons. The van der Waals surface area contributed by atoms with E-state index in [0.29, 0.717) is 24.3 Å². The molecule has 0 radical (unpaired) electrons. The SMILES string of the molecule is CN1C[C@@H](CC(C#N)C(N)=O)C[C@@H]2c3cccc4[nH]cc(c34)C[C@H]21. The van der Waals surface area contributed by atoms with E-state index in [9.17, 15) is 10.1 Å². The number of aromatic amines is 1. The molecule has 1 amide bonds. The number of likely N-dealkylation sites (tertiary alicyclic amines) is 1. The topological polar surface area (TPSA) is 85.9 Å². The minimum absolute atomic E-state index is 0.323. The van der Waals surface area contributed by atoms with Crippen LogP contribution >= 0.6 is 0 Å². The molecule has 0 saturated carbocycles. The van der Waals surface area contributed by atoms with Gasteiger partial charge in [-0.05, 0) is 49.4 Å². The lowest BCUT2D eigenvalue weighted by atomic mass is 9.71. The average Bonchev–Trinajstić information content (AvgIpc) is 2.98. The molecule has 1 aromatic heterocycles. The maximum atomic E-state index is 11.4. The van der Waals surface area contributed by atoms with Gasteiger partial charge in [0.05, 0.1) is 6.07 Å². The van der Waals surface area contributed by atoms with Crippen molar-refractivity contribution in [3.8, 4) is 6.07 Å². The van der Waals surface area contributed by atoms with E-state index in [1.54, 1.807) is 0 Å². The number of nitrogens with two attached hydrogens (primary N) is 1. The van der Waals surface area contributed by atoms with E-state index in [1.165, 1.54) is 22.0 Å². The van der Waals surface area contributed by atoms with Crippen molar-refractivity contribution in [2.45, 2.75) is 31.2 Å². The number of piperidine rings is 1. The maximum Gasteiger partial charge on any atom is 0.234 e. The Hall–Kier alpha value is -2.32. The van der Waals surface area contributed by atoms with Gasteiger partial charge in [-0.25, -0.2) is 0 Å². The molecule has 1 saturated heterocycles. The molecule has 3 N–H and O–H groups in total. The Kier molecular flexibility index (Phi) is 3.58. The van der Waals surface area contributed by atoms with Crippen molar-refractivity contribution >= 4 is 16.8 Å². The Bertz CT molecular complexity index is 833. The fourth-order valence-electron chi connectivity index (χ4n) is 4.79. The molecule has 5 nitrogen and oxygen atoms in total. The number of benzene rings is 1. The Morgan fingerprint density at radius 1 is 1.54 bits per heavy atom. The smallest absolute Gasteiger partial charge is 0.234 e. The van der Waals surface area contributed by atoms with E-state index in [-0.39, 0.29) is 0 Å². The van der Waals surface area contributed by atoms with Gasteiger partial charge in [-0.2, -0.15) is 5.26 Å². The summed E-state index contributed by atoms with van der Waals surface area (Å²) in [7, 11) is 2.16. The number of fused-ring (bicyclic) bond motifs is 2. The van der Waals surface area contributed by atoms with Crippen molar-refractivity contribution in [1.29, 1.82) is 5.26 Å². The molecule has 5 heteroatoms. The first kappa shape index (κ1) is 15.2. The predicted molar refractivity (Wildman–Crippen MR) is 92.2 cm³/mol. The molecule has 1 aliphatic heterocycles. The first-order chi connectivity index (χ1) is 11.6. The summed E-state index contributed by atoms with van der Waals surface area (Å²) < 4.78 is 0. The summed E-state index contributed by atoms with van der Waals surface area (Å²) >= 11 is 0. The highest BCUT2D eigenvalue weighted by Gasteiger charge is 2.40. The van der Waals surface area contributed by atoms with Gasteiger partial charge in [0.25, 0.3) is 0 Å². The minimum Gasteiger partial charge on any atom is -0.369 e. The number of nitrogens with one attached hydrogen (secondary N) is 1. The highest BCUT2D eigenvalue weighted by molar-refractivity contribution is 5.88. The number of carbonyl (C=O) groups is 1. The number of amides is 1. The van der Waals surface area contributed by atoms with Gasteiger partial charge in [-0.1, -0.05) is 12.1 Å². The van der Waals surface area contributed by atoms with E-state index in [4.69, 9.17) is 5.73 Å². The molecule has 24 heavy (non-hydrogen) atoms. The summed E-state index contributed by atoms with van der Waals surface area (Å²) in [5.41, 5.74) is 9.38. The van der Waals surface area contributed by atoms with Crippen molar-refractivity contribution in [1.82, 2.24) is 9.88 Å². The zero-order valence-corrected chi connectivity index (χ0v) is 13.8. The molecule has 1 fully saturated rings. The third-order valence-corrected chi connectivity index (χ3v) is 5.88. The zero-order chi connectivity index (χ0) is 16.8. The summed E-state index contributed by atoms with van der Waals surface area (Å²) in [6.07, 6.45) is 4.78. The number of primary amides is 1. The number of rotatable bonds is 3. The number of nitrogens with zero attached hydrogens (tertiary/aromatic N) is 2. The maximum absolute atomic E-state index is 11.4. The number of hydrogen-bond donors (Lipinski definition) is 2. The van der Waals surface area contributed by atoms with Crippen molar-refractivity contribution < 1.29 is 4.79 Å². The van der Waals surface area contributed by atoms with Crippen LogP contribution in [0.1, 0.15) is 29.9 Å². The van der Waals surface area contributed by atoms with Crippen molar-refractivity contribution in [2.75, 3.05) is 13.6 Å². The Balaban J connectivity index is 1.66. The lowest BCUT2D eigenvalue weighted by Gasteiger charge is -2.45. The first-order valence-electron chi connectivity index (χ1n) is 8.56. The van der Waals surface area contributed by atoms with Crippen LogP contribution in [0.5, 0.6) is 0 Å². The number of H-pyrrole nitrogens is 1. The summed E-state index contributed by atoms with van der Waals surface area (Å²) in [6, 6.07) is 9.04. The van der Waals surface area contributed by atoms with Gasteiger partial charge in [0, 0.05) is 35.6 Å². The summed E-state index contributed by atoms with van der Waals surface area (Å²) in [5.74, 6) is -0.403. The van der Waals surface area contributed by atoms with Crippen molar-refractivity contribution in [3.05, 3.63) is 35.5 Å². The van der Waals surface area contributed by atoms with E-state index in [0.717, 1.165) is 19.4 Å². The second-order valence-corrected chi connectivity index (χ2v) is 7.32. The van der Waals surface area contributed by atoms with Crippen LogP contribution in [0.4, 0.5) is 0 Å². The lowest BCUT2D eigenvalue weighted by molar-refractivity contribution is -0.120. The van der Waals surface area contributed by atoms with Crippen LogP contribution in [-0.2, 0) is 11.2 Å². The molecular weight excluding hydrogens is 300 g/mol. The Morgan fingerprint density at radius 2 is 2.38 bits per heavy atom. The molecule has 4 atom stereocenters. The van der Waals surface area contributed by atoms with E-state index >= 15 is 0 Å². The Morgan fingerprint density at radius 3 is 3.12 bits per heavy atom. The molecule has 2 aromatic rings. The second-order valence-electron chi connectivity index (χ2n) is 7.32.